The van der Waals surface area contributed by atoms with Crippen LogP contribution in [-0.2, 0) is 46.2 Å². The maximum Gasteiger partial charge on any atom is 0.339 e. The number of furan rings is 1. The Bertz CT molecular complexity index is 3270. The summed E-state index contributed by atoms with van der Waals surface area (Å²) < 4.78 is 37.1. The van der Waals surface area contributed by atoms with Crippen molar-refractivity contribution in [2.45, 2.75) is 177 Å². The molecule has 0 amide bonds. The summed E-state index contributed by atoms with van der Waals surface area (Å²) in [4.78, 5) is 51.9. The van der Waals surface area contributed by atoms with Gasteiger partial charge in [0.2, 0.25) is 0 Å². The van der Waals surface area contributed by atoms with Crippen molar-refractivity contribution in [1.29, 1.82) is 0 Å². The average Bonchev–Trinajstić information content (AvgIpc) is 1.53. The Morgan fingerprint density at radius 3 is 2.63 bits per heavy atom. The summed E-state index contributed by atoms with van der Waals surface area (Å²) in [5.74, 6) is 0.128. The lowest BCUT2D eigenvalue weighted by Gasteiger charge is -2.75. The Balaban J connectivity index is 0.835. The van der Waals surface area contributed by atoms with Crippen LogP contribution in [0.2, 0.25) is 0 Å². The molecule has 1 aromatic heterocycles. The number of ether oxygens (including phenoxy) is 4. The van der Waals surface area contributed by atoms with Crippen LogP contribution in [0.5, 0.6) is 0 Å². The topological polar surface area (TPSA) is 181 Å². The fourth-order valence-corrected chi connectivity index (χ4v) is 28.4. The number of ketones is 1. The molecule has 13 nitrogen and oxygen atoms in total. The van der Waals surface area contributed by atoms with E-state index in [0.29, 0.717) is 54.7 Å². The molecular formula is C70H84N2O11. The third kappa shape index (κ3) is 5.27. The number of hydrogen-bond donors (Lipinski definition) is 4. The number of fused-ring (bicyclic) bond motifs is 6. The number of esters is 2. The first kappa shape index (κ1) is 51.0. The molecule has 13 heteroatoms. The van der Waals surface area contributed by atoms with Crippen molar-refractivity contribution < 1.29 is 53.1 Å². The average molecular weight is 1130 g/mol. The largest absolute Gasteiger partial charge is 0.469 e. The summed E-state index contributed by atoms with van der Waals surface area (Å²) in [5, 5.41) is 41.2. The smallest absolute Gasteiger partial charge is 0.339 e. The third-order valence-corrected chi connectivity index (χ3v) is 29.8. The molecule has 1 aromatic carbocycles. The molecule has 10 aliphatic carbocycles. The quantitative estimate of drug-likeness (QED) is 0.106. The molecular weight excluding hydrogens is 1040 g/mol. The van der Waals surface area contributed by atoms with Crippen molar-refractivity contribution in [3.8, 4) is 0 Å². The molecule has 4 N–H and O–H groups in total. The van der Waals surface area contributed by atoms with Gasteiger partial charge in [-0.25, -0.2) is 4.79 Å². The molecule has 27 atom stereocenters. The number of rotatable bonds is 9. The van der Waals surface area contributed by atoms with Gasteiger partial charge in [-0.2, -0.15) is 0 Å². The van der Waals surface area contributed by atoms with Crippen LogP contribution in [0.4, 0.5) is 0 Å². The minimum Gasteiger partial charge on any atom is -0.469 e. The van der Waals surface area contributed by atoms with Crippen LogP contribution < -0.4 is 5.32 Å². The van der Waals surface area contributed by atoms with Gasteiger partial charge in [0.15, 0.2) is 11.9 Å². The van der Waals surface area contributed by atoms with Crippen LogP contribution in [0.15, 0.2) is 83.2 Å². The molecule has 5 saturated heterocycles. The Hall–Kier alpha value is -4.11. The minimum atomic E-state index is -1.50. The number of hydrogen-bond acceptors (Lipinski definition) is 13. The van der Waals surface area contributed by atoms with Crippen LogP contribution in [0, 0.1) is 109 Å². The molecule has 7 aliphatic heterocycles. The zero-order chi connectivity index (χ0) is 55.8. The zero-order valence-corrected chi connectivity index (χ0v) is 48.4. The van der Waals surface area contributed by atoms with Gasteiger partial charge in [0.05, 0.1) is 42.6 Å². The molecule has 440 valence electrons. The molecule has 6 bridgehead atoms. The molecule has 19 rings (SSSR count). The summed E-state index contributed by atoms with van der Waals surface area (Å²) in [6.45, 7) is 5.96. The zero-order valence-electron chi connectivity index (χ0n) is 48.4. The third-order valence-electron chi connectivity index (χ3n) is 29.8. The number of benzene rings is 1. The van der Waals surface area contributed by atoms with E-state index in [2.05, 4.69) is 84.9 Å². The van der Waals surface area contributed by atoms with Crippen molar-refractivity contribution in [3.63, 3.8) is 0 Å². The second-order valence-corrected chi connectivity index (χ2v) is 31.5. The molecule has 2 aromatic rings. The van der Waals surface area contributed by atoms with E-state index in [1.54, 1.807) is 6.26 Å². The number of Topliss-reactive ketones (excluding diaryl/α,β-unsaturated/α-hetero) is 1. The molecule has 6 spiro atoms. The highest BCUT2D eigenvalue weighted by atomic mass is 16.7. The Morgan fingerprint density at radius 2 is 1.76 bits per heavy atom. The molecule has 83 heavy (non-hydrogen) atoms. The Labute approximate surface area is 487 Å². The highest BCUT2D eigenvalue weighted by Gasteiger charge is 3.03. The fraction of sp³-hybridized carbons (Fsp3) is 0.729. The standard InChI is InChI=1S/C70H84N2O11/c1-62-32-49-50-16-14-41-12-7-21-64(41)42-18-23-66-61(78)80-35-65-55(49)67(43-11-6-10-38(27-43)26-37-8-4-3-5-9-37,57(76)54(75)56(65)63(2)22-17-44(69(65,66)83-63)30-45(29-42)68(50,64)66)70(62)59(82-70)60(77)81-58(62)47-20-25-79-53(47)31-48(52(74)34-73)39-13-15-46-40(28-39)19-24-72-36-71-33-51(46)72/h3-5,8-9,17-20,23-25,38-43,45-46,48-52,55-59,71,73-74,76H,6-7,10-16,21-22,26-36H2,1-2H3/t38-,39-,40+,41-,42+,43-,45+,46-,48-,49-,50-,51+,52+,55+,56+,57+,58-,59+,62-,63-,64-,65+,66-,67-,68+,69+,70+/m0/s1. The van der Waals surface area contributed by atoms with Gasteiger partial charge in [-0.05, 0) is 197 Å². The number of carbonyl (C=O) groups is 3. The molecule has 0 radical (unpaired) electrons. The van der Waals surface area contributed by atoms with E-state index in [0.717, 1.165) is 115 Å². The Kier molecular flexibility index (Phi) is 10.0. The number of allylic oxidation sites excluding steroid dienone is 2. The predicted octanol–water partition coefficient (Wildman–Crippen LogP) is 8.75. The number of aliphatic hydroxyl groups excluding tert-OH is 3. The van der Waals surface area contributed by atoms with Crippen molar-refractivity contribution in [2.24, 2.45) is 109 Å². The van der Waals surface area contributed by atoms with E-state index in [4.69, 9.17) is 23.4 Å². The number of epoxide rings is 1. The predicted molar refractivity (Wildman–Crippen MR) is 301 cm³/mol. The van der Waals surface area contributed by atoms with Gasteiger partial charge in [0.25, 0.3) is 0 Å². The second-order valence-electron chi connectivity index (χ2n) is 31.5. The number of carbonyl (C=O) groups excluding carboxylic acids is 3. The number of nitrogens with one attached hydrogen (secondary N) is 1. The first-order valence-electron chi connectivity index (χ1n) is 33.2. The first-order chi connectivity index (χ1) is 40.3. The maximum atomic E-state index is 17.2. The van der Waals surface area contributed by atoms with Gasteiger partial charge in [-0.15, -0.1) is 0 Å². The molecule has 8 heterocycles. The monoisotopic (exact) mass is 1130 g/mol. The van der Waals surface area contributed by atoms with Crippen LogP contribution in [0.1, 0.15) is 140 Å². The van der Waals surface area contributed by atoms with E-state index < -0.39 is 86.1 Å². The highest BCUT2D eigenvalue weighted by molar-refractivity contribution is 5.95. The van der Waals surface area contributed by atoms with E-state index in [-0.39, 0.29) is 71.8 Å². The van der Waals surface area contributed by atoms with Gasteiger partial charge in [0, 0.05) is 40.8 Å². The van der Waals surface area contributed by atoms with Gasteiger partial charge >= 0.3 is 11.9 Å². The lowest BCUT2D eigenvalue weighted by Crippen LogP contribution is -2.84. The SMILES string of the molecule is C[C@@]12C[C@@H]3[C@@H]4[C@@]56COC(=O)[C@]78C=C[C@@H]9C[C@H](CC%10=CC[C@](C)(O[C@]%1057)[C@H]6C(=O)[C@@H](O)[C@@]4([C@H]4CCC[C@@H](Cc5ccccc5)C4)[C@]14O[C@@H]4C(=O)O[C@H]2c1ccoc1C[C@@H]([C@H]1CC[C@H]2[C@H](C=CN4CNC[C@H]24)C1)[C@H](O)CO)[C@]81[C@H]3CC[C@@H]2CCC[C@]291. The molecule has 0 unspecified atom stereocenters. The summed E-state index contributed by atoms with van der Waals surface area (Å²) in [5.41, 5.74) is -5.67. The highest BCUT2D eigenvalue weighted by Crippen LogP contribution is 2.97. The first-order valence-corrected chi connectivity index (χ1v) is 33.2. The number of nitrogens with zero attached hydrogens (tertiary/aromatic N) is 1. The molecule has 9 saturated carbocycles. The van der Waals surface area contributed by atoms with Crippen LogP contribution >= 0.6 is 0 Å². The summed E-state index contributed by atoms with van der Waals surface area (Å²) >= 11 is 0. The van der Waals surface area contributed by atoms with Crippen LogP contribution in [0.3, 0.4) is 0 Å². The maximum absolute atomic E-state index is 17.2. The van der Waals surface area contributed by atoms with Gasteiger partial charge < -0.3 is 43.6 Å². The summed E-state index contributed by atoms with van der Waals surface area (Å²) in [6.07, 6.45) is 25.1. The van der Waals surface area contributed by atoms with Crippen LogP contribution in [-0.4, -0.2) is 106 Å². The minimum absolute atomic E-state index is 0.0142. The van der Waals surface area contributed by atoms with Crippen molar-refractivity contribution in [2.75, 3.05) is 26.4 Å². The van der Waals surface area contributed by atoms with Crippen molar-refractivity contribution in [3.05, 3.63) is 95.6 Å². The normalized spacial score (nSPS) is 54.9. The van der Waals surface area contributed by atoms with Gasteiger partial charge in [0.1, 0.15) is 41.2 Å². The lowest BCUT2D eigenvalue weighted by atomic mass is 9.28. The molecule has 14 fully saturated rings. The lowest BCUT2D eigenvalue weighted by molar-refractivity contribution is -0.311. The van der Waals surface area contributed by atoms with Crippen molar-refractivity contribution in [1.82, 2.24) is 10.2 Å². The van der Waals surface area contributed by atoms with Crippen LogP contribution in [0.25, 0.3) is 0 Å². The Morgan fingerprint density at radius 1 is 0.892 bits per heavy atom. The fourth-order valence-electron chi connectivity index (χ4n) is 28.4. The second kappa shape index (κ2) is 16.3. The number of cyclic esters (lactones) is 2. The van der Waals surface area contributed by atoms with Gasteiger partial charge in [-0.1, -0.05) is 80.8 Å². The van der Waals surface area contributed by atoms with E-state index >= 15 is 14.4 Å². The van der Waals surface area contributed by atoms with Gasteiger partial charge in [-0.3, -0.25) is 14.9 Å². The summed E-state index contributed by atoms with van der Waals surface area (Å²) in [7, 11) is 0. The number of aliphatic hydroxyl groups is 3. The van der Waals surface area contributed by atoms with E-state index in [1.165, 1.54) is 11.1 Å². The van der Waals surface area contributed by atoms with E-state index in [9.17, 15) is 15.3 Å². The van der Waals surface area contributed by atoms with E-state index in [1.807, 2.05) is 6.07 Å². The molecule has 17 aliphatic rings. The van der Waals surface area contributed by atoms with Crippen molar-refractivity contribution >= 4 is 17.7 Å². The summed E-state index contributed by atoms with van der Waals surface area (Å²) in [6, 6.07) is 13.2.